The van der Waals surface area contributed by atoms with Crippen LogP contribution in [-0.2, 0) is 32.6 Å². The van der Waals surface area contributed by atoms with Gasteiger partial charge in [-0.25, -0.2) is 12.8 Å². The number of nitrogens with one attached hydrogen (secondary N) is 1. The molecule has 1 N–H and O–H groups in total. The summed E-state index contributed by atoms with van der Waals surface area (Å²) in [6, 6.07) is 26.0. The monoisotopic (exact) mass is 629 g/mol. The third kappa shape index (κ3) is 8.79. The number of amides is 2. The van der Waals surface area contributed by atoms with E-state index in [-0.39, 0.29) is 23.8 Å². The molecule has 0 aromatic heterocycles. The first kappa shape index (κ1) is 33.4. The lowest BCUT2D eigenvalue weighted by molar-refractivity contribution is -0.140. The van der Waals surface area contributed by atoms with Crippen LogP contribution in [0, 0.1) is 26.6 Å². The number of hydrogen-bond donors (Lipinski definition) is 1. The molecule has 0 fully saturated rings. The molecule has 0 saturated heterocycles. The molecule has 45 heavy (non-hydrogen) atoms. The smallest absolute Gasteiger partial charge is 0.264 e. The van der Waals surface area contributed by atoms with E-state index in [0.717, 1.165) is 26.6 Å². The second-order valence-corrected chi connectivity index (χ2v) is 13.2. The fourth-order valence-corrected chi connectivity index (χ4v) is 6.57. The average Bonchev–Trinajstić information content (AvgIpc) is 3.01. The summed E-state index contributed by atoms with van der Waals surface area (Å²) >= 11 is 0. The van der Waals surface area contributed by atoms with Crippen LogP contribution in [0.15, 0.2) is 102 Å². The van der Waals surface area contributed by atoms with Crippen molar-refractivity contribution in [3.8, 4) is 0 Å². The van der Waals surface area contributed by atoms with E-state index in [0.29, 0.717) is 24.2 Å². The molecule has 0 aliphatic carbocycles. The molecule has 9 heteroatoms. The van der Waals surface area contributed by atoms with Gasteiger partial charge in [0, 0.05) is 19.5 Å². The molecule has 4 rings (SSSR count). The molecule has 236 valence electrons. The molecule has 2 amide bonds. The van der Waals surface area contributed by atoms with Crippen LogP contribution in [0.5, 0.6) is 0 Å². The molecule has 1 atom stereocenters. The zero-order valence-electron chi connectivity index (χ0n) is 26.2. The van der Waals surface area contributed by atoms with E-state index >= 15 is 0 Å². The summed E-state index contributed by atoms with van der Waals surface area (Å²) in [5, 5.41) is 2.92. The Kier molecular flexibility index (Phi) is 11.1. The predicted molar refractivity (Wildman–Crippen MR) is 176 cm³/mol. The fourth-order valence-electron chi connectivity index (χ4n) is 5.17. The minimum atomic E-state index is -4.19. The standard InChI is InChI=1S/C36H40FN3O4S/c1-5-19-38-36(42)34(23-29-9-7-6-8-10-29)39(24-30-13-15-31(37)16-14-30)35(41)25-40(32-21-27(3)20-28(4)22-32)45(43,44)33-17-11-26(2)12-18-33/h6-18,20-22,34H,5,19,23-25H2,1-4H3,(H,38,42). The Hall–Kier alpha value is -4.50. The maximum atomic E-state index is 14.5. The summed E-state index contributed by atoms with van der Waals surface area (Å²) in [5.74, 6) is -1.35. The van der Waals surface area contributed by atoms with Crippen molar-refractivity contribution < 1.29 is 22.4 Å². The van der Waals surface area contributed by atoms with Gasteiger partial charge in [0.15, 0.2) is 0 Å². The molecule has 4 aromatic rings. The van der Waals surface area contributed by atoms with Crippen LogP contribution in [0.25, 0.3) is 0 Å². The Morgan fingerprint density at radius 1 is 0.800 bits per heavy atom. The fraction of sp³-hybridized carbons (Fsp3) is 0.278. The number of sulfonamides is 1. The molecule has 0 heterocycles. The Labute approximate surface area is 265 Å². The van der Waals surface area contributed by atoms with Crippen molar-refractivity contribution in [2.75, 3.05) is 17.4 Å². The molecule has 4 aromatic carbocycles. The third-order valence-electron chi connectivity index (χ3n) is 7.47. The first-order chi connectivity index (χ1) is 21.5. The van der Waals surface area contributed by atoms with E-state index < -0.39 is 34.3 Å². The number of carbonyl (C=O) groups is 2. The number of anilines is 1. The zero-order valence-corrected chi connectivity index (χ0v) is 27.0. The Bertz CT molecular complexity index is 1690. The molecule has 7 nitrogen and oxygen atoms in total. The zero-order chi connectivity index (χ0) is 32.6. The number of nitrogens with zero attached hydrogens (tertiary/aromatic N) is 2. The number of rotatable bonds is 13. The molecule has 0 radical (unpaired) electrons. The van der Waals surface area contributed by atoms with Gasteiger partial charge in [0.2, 0.25) is 11.8 Å². The van der Waals surface area contributed by atoms with E-state index in [2.05, 4.69) is 5.32 Å². The molecule has 0 aliphatic rings. The van der Waals surface area contributed by atoms with Crippen molar-refractivity contribution in [2.24, 2.45) is 0 Å². The minimum absolute atomic E-state index is 0.0264. The van der Waals surface area contributed by atoms with Crippen molar-refractivity contribution in [2.45, 2.75) is 58.0 Å². The van der Waals surface area contributed by atoms with E-state index in [4.69, 9.17) is 0 Å². The van der Waals surface area contributed by atoms with Gasteiger partial charge in [-0.2, -0.15) is 0 Å². The molecular formula is C36H40FN3O4S. The van der Waals surface area contributed by atoms with Crippen molar-refractivity contribution in [3.63, 3.8) is 0 Å². The largest absolute Gasteiger partial charge is 0.354 e. The maximum Gasteiger partial charge on any atom is 0.264 e. The Morgan fingerprint density at radius 3 is 2.02 bits per heavy atom. The van der Waals surface area contributed by atoms with Crippen LogP contribution in [0.2, 0.25) is 0 Å². The number of carbonyl (C=O) groups excluding carboxylic acids is 2. The van der Waals surface area contributed by atoms with Gasteiger partial charge in [0.25, 0.3) is 10.0 Å². The van der Waals surface area contributed by atoms with Gasteiger partial charge in [-0.3, -0.25) is 13.9 Å². The quantitative estimate of drug-likeness (QED) is 0.193. The predicted octanol–water partition coefficient (Wildman–Crippen LogP) is 6.11. The number of aryl methyl sites for hydroxylation is 3. The summed E-state index contributed by atoms with van der Waals surface area (Å²) in [4.78, 5) is 29.6. The van der Waals surface area contributed by atoms with Crippen molar-refractivity contribution >= 4 is 27.5 Å². The van der Waals surface area contributed by atoms with Crippen molar-refractivity contribution in [3.05, 3.63) is 131 Å². The third-order valence-corrected chi connectivity index (χ3v) is 9.26. The lowest BCUT2D eigenvalue weighted by Gasteiger charge is -2.34. The van der Waals surface area contributed by atoms with E-state index in [1.807, 2.05) is 64.1 Å². The Balaban J connectivity index is 1.81. The summed E-state index contributed by atoms with van der Waals surface area (Å²) in [6.45, 7) is 7.37. The first-order valence-electron chi connectivity index (χ1n) is 15.0. The van der Waals surface area contributed by atoms with Crippen molar-refractivity contribution in [1.29, 1.82) is 0 Å². The highest BCUT2D eigenvalue weighted by atomic mass is 32.2. The molecule has 1 unspecified atom stereocenters. The van der Waals surface area contributed by atoms with Gasteiger partial charge in [0.1, 0.15) is 18.4 Å². The minimum Gasteiger partial charge on any atom is -0.354 e. The molecule has 0 aliphatic heterocycles. The number of hydrogen-bond acceptors (Lipinski definition) is 4. The molecular weight excluding hydrogens is 589 g/mol. The van der Waals surface area contributed by atoms with Crippen LogP contribution in [0.4, 0.5) is 10.1 Å². The number of halogens is 1. The van der Waals surface area contributed by atoms with Crippen LogP contribution >= 0.6 is 0 Å². The van der Waals surface area contributed by atoms with Gasteiger partial charge in [-0.15, -0.1) is 0 Å². The molecule has 0 bridgehead atoms. The van der Waals surface area contributed by atoms with Gasteiger partial charge in [0.05, 0.1) is 10.6 Å². The molecule has 0 saturated carbocycles. The Morgan fingerprint density at radius 2 is 1.42 bits per heavy atom. The van der Waals surface area contributed by atoms with Crippen molar-refractivity contribution in [1.82, 2.24) is 10.2 Å². The highest BCUT2D eigenvalue weighted by Crippen LogP contribution is 2.27. The van der Waals surface area contributed by atoms with E-state index in [1.165, 1.54) is 29.2 Å². The van der Waals surface area contributed by atoms with Gasteiger partial charge in [-0.05, 0) is 85.8 Å². The number of benzene rings is 4. The SMILES string of the molecule is CCCNC(=O)C(Cc1ccccc1)N(Cc1ccc(F)cc1)C(=O)CN(c1cc(C)cc(C)c1)S(=O)(=O)c1ccc(C)cc1. The second-order valence-electron chi connectivity index (χ2n) is 11.3. The van der Waals surface area contributed by atoms with Crippen LogP contribution < -0.4 is 9.62 Å². The highest BCUT2D eigenvalue weighted by Gasteiger charge is 2.34. The van der Waals surface area contributed by atoms with E-state index in [1.54, 1.807) is 36.4 Å². The lowest BCUT2D eigenvalue weighted by atomic mass is 10.0. The maximum absolute atomic E-state index is 14.5. The van der Waals surface area contributed by atoms with E-state index in [9.17, 15) is 22.4 Å². The first-order valence-corrected chi connectivity index (χ1v) is 16.4. The average molecular weight is 630 g/mol. The summed E-state index contributed by atoms with van der Waals surface area (Å²) in [5.41, 5.74) is 4.36. The van der Waals surface area contributed by atoms with Gasteiger partial charge in [-0.1, -0.05) is 73.2 Å². The van der Waals surface area contributed by atoms with Gasteiger partial charge < -0.3 is 10.2 Å². The summed E-state index contributed by atoms with van der Waals surface area (Å²) in [6.07, 6.45) is 0.905. The van der Waals surface area contributed by atoms with Crippen LogP contribution in [0.3, 0.4) is 0 Å². The normalized spacial score (nSPS) is 11.9. The lowest BCUT2D eigenvalue weighted by Crippen LogP contribution is -2.53. The van der Waals surface area contributed by atoms with Crippen LogP contribution in [0.1, 0.15) is 41.2 Å². The topological polar surface area (TPSA) is 86.8 Å². The second kappa shape index (κ2) is 15.0. The summed E-state index contributed by atoms with van der Waals surface area (Å²) < 4.78 is 43.3. The summed E-state index contributed by atoms with van der Waals surface area (Å²) in [7, 11) is -4.19. The molecule has 0 spiro atoms. The highest BCUT2D eigenvalue weighted by molar-refractivity contribution is 7.92. The van der Waals surface area contributed by atoms with Crippen LogP contribution in [-0.4, -0.2) is 44.3 Å². The van der Waals surface area contributed by atoms with Gasteiger partial charge >= 0.3 is 0 Å².